The van der Waals surface area contributed by atoms with Gasteiger partial charge >= 0.3 is 0 Å². The second-order valence-electron chi connectivity index (χ2n) is 6.03. The highest BCUT2D eigenvalue weighted by Crippen LogP contribution is 2.25. The lowest BCUT2D eigenvalue weighted by Gasteiger charge is -2.25. The van der Waals surface area contributed by atoms with Gasteiger partial charge in [-0.2, -0.15) is 4.31 Å². The molecule has 2 aromatic rings. The van der Waals surface area contributed by atoms with Crippen LogP contribution in [0.25, 0.3) is 0 Å². The van der Waals surface area contributed by atoms with Crippen LogP contribution in [0, 0.1) is 0 Å². The molecule has 0 unspecified atom stereocenters. The number of halogens is 1. The van der Waals surface area contributed by atoms with Gasteiger partial charge < -0.3 is 0 Å². The third-order valence-corrected chi connectivity index (χ3v) is 7.98. The number of sulfonamides is 2. The van der Waals surface area contributed by atoms with Crippen LogP contribution in [0.15, 0.2) is 58.3 Å². The summed E-state index contributed by atoms with van der Waals surface area (Å²) in [5.74, 6) is 0. The molecule has 26 heavy (non-hydrogen) atoms. The van der Waals surface area contributed by atoms with Crippen LogP contribution in [-0.4, -0.2) is 34.2 Å². The van der Waals surface area contributed by atoms with Crippen molar-refractivity contribution >= 4 is 37.3 Å². The van der Waals surface area contributed by atoms with Crippen LogP contribution in [0.5, 0.6) is 0 Å². The lowest BCUT2D eigenvalue weighted by molar-refractivity contribution is 0.346. The van der Waals surface area contributed by atoms with Gasteiger partial charge in [-0.3, -0.25) is 4.72 Å². The van der Waals surface area contributed by atoms with E-state index in [0.29, 0.717) is 13.1 Å². The zero-order valence-electron chi connectivity index (χ0n) is 13.9. The van der Waals surface area contributed by atoms with E-state index in [0.717, 1.165) is 19.3 Å². The Kier molecular flexibility index (Phi) is 5.57. The average molecular weight is 415 g/mol. The van der Waals surface area contributed by atoms with Crippen molar-refractivity contribution in [2.24, 2.45) is 0 Å². The normalized spacial score (nSPS) is 16.3. The smallest absolute Gasteiger partial charge is 0.263 e. The standard InChI is InChI=1S/C17H19ClN2O4S2/c18-16-6-2-3-7-17(16)25(21,22)19-14-8-10-15(11-9-14)26(23,24)20-12-4-1-5-13-20/h2-3,6-11,19H,1,4-5,12-13H2. The van der Waals surface area contributed by atoms with Gasteiger partial charge in [-0.25, -0.2) is 16.8 Å². The van der Waals surface area contributed by atoms with Gasteiger partial charge in [-0.05, 0) is 49.2 Å². The second-order valence-corrected chi connectivity index (χ2v) is 10.0. The van der Waals surface area contributed by atoms with E-state index in [1.165, 1.54) is 40.7 Å². The van der Waals surface area contributed by atoms with E-state index in [2.05, 4.69) is 4.72 Å². The Morgan fingerprint density at radius 2 is 1.46 bits per heavy atom. The zero-order chi connectivity index (χ0) is 18.8. The monoisotopic (exact) mass is 414 g/mol. The van der Waals surface area contributed by atoms with Gasteiger partial charge in [0.05, 0.1) is 9.92 Å². The number of piperidine rings is 1. The van der Waals surface area contributed by atoms with E-state index >= 15 is 0 Å². The molecule has 1 N–H and O–H groups in total. The summed E-state index contributed by atoms with van der Waals surface area (Å²) < 4.78 is 54.0. The van der Waals surface area contributed by atoms with Crippen molar-refractivity contribution < 1.29 is 16.8 Å². The van der Waals surface area contributed by atoms with Gasteiger partial charge in [-0.15, -0.1) is 0 Å². The molecule has 0 atom stereocenters. The first kappa shape index (κ1) is 19.2. The van der Waals surface area contributed by atoms with Crippen molar-refractivity contribution in [2.45, 2.75) is 29.1 Å². The molecule has 140 valence electrons. The number of hydrogen-bond acceptors (Lipinski definition) is 4. The molecule has 0 radical (unpaired) electrons. The van der Waals surface area contributed by atoms with Crippen molar-refractivity contribution in [3.8, 4) is 0 Å². The molecular formula is C17H19ClN2O4S2. The fourth-order valence-corrected chi connectivity index (χ4v) is 5.92. The predicted octanol–water partition coefficient (Wildman–Crippen LogP) is 3.32. The van der Waals surface area contributed by atoms with Crippen molar-refractivity contribution in [1.29, 1.82) is 0 Å². The molecule has 2 aromatic carbocycles. The molecule has 0 aliphatic carbocycles. The quantitative estimate of drug-likeness (QED) is 0.813. The summed E-state index contributed by atoms with van der Waals surface area (Å²) in [5.41, 5.74) is 0.266. The molecule has 1 aliphatic rings. The molecule has 1 heterocycles. The van der Waals surface area contributed by atoms with Crippen LogP contribution in [0.2, 0.25) is 5.02 Å². The molecule has 3 rings (SSSR count). The van der Waals surface area contributed by atoms with Gasteiger partial charge in [0.25, 0.3) is 10.0 Å². The molecule has 0 amide bonds. The Labute approximate surface area is 158 Å². The summed E-state index contributed by atoms with van der Waals surface area (Å²) >= 11 is 5.94. The lowest BCUT2D eigenvalue weighted by atomic mass is 10.2. The molecule has 1 saturated heterocycles. The Bertz CT molecular complexity index is 984. The van der Waals surface area contributed by atoms with Crippen LogP contribution in [0.3, 0.4) is 0 Å². The van der Waals surface area contributed by atoms with Crippen molar-refractivity contribution in [3.05, 3.63) is 53.6 Å². The van der Waals surface area contributed by atoms with Gasteiger partial charge in [0.1, 0.15) is 4.90 Å². The van der Waals surface area contributed by atoms with Crippen molar-refractivity contribution in [1.82, 2.24) is 4.31 Å². The predicted molar refractivity (Wildman–Crippen MR) is 101 cm³/mol. The summed E-state index contributed by atoms with van der Waals surface area (Å²) in [6.07, 6.45) is 2.75. The van der Waals surface area contributed by atoms with Gasteiger partial charge in [0.15, 0.2) is 0 Å². The van der Waals surface area contributed by atoms with Gasteiger partial charge in [-0.1, -0.05) is 30.2 Å². The maximum Gasteiger partial charge on any atom is 0.263 e. The second kappa shape index (κ2) is 7.56. The van der Waals surface area contributed by atoms with Crippen molar-refractivity contribution in [2.75, 3.05) is 17.8 Å². The van der Waals surface area contributed by atoms with E-state index in [-0.39, 0.29) is 20.5 Å². The summed E-state index contributed by atoms with van der Waals surface area (Å²) in [6, 6.07) is 11.8. The van der Waals surface area contributed by atoms with E-state index in [4.69, 9.17) is 11.6 Å². The largest absolute Gasteiger partial charge is 0.280 e. The Balaban J connectivity index is 1.81. The SMILES string of the molecule is O=S(=O)(Nc1ccc(S(=O)(=O)N2CCCCC2)cc1)c1ccccc1Cl. The minimum atomic E-state index is -3.85. The maximum absolute atomic E-state index is 12.6. The Hall–Kier alpha value is -1.61. The van der Waals surface area contributed by atoms with Crippen LogP contribution in [0.1, 0.15) is 19.3 Å². The molecule has 1 aliphatic heterocycles. The molecule has 1 fully saturated rings. The molecule has 0 aromatic heterocycles. The maximum atomic E-state index is 12.6. The summed E-state index contributed by atoms with van der Waals surface area (Å²) in [7, 11) is -7.40. The highest BCUT2D eigenvalue weighted by Gasteiger charge is 2.26. The molecule has 0 saturated carbocycles. The molecule has 0 spiro atoms. The van der Waals surface area contributed by atoms with Crippen LogP contribution >= 0.6 is 11.6 Å². The number of rotatable bonds is 5. The summed E-state index contributed by atoms with van der Waals surface area (Å²) in [6.45, 7) is 1.03. The van der Waals surface area contributed by atoms with E-state index in [1.807, 2.05) is 0 Å². The molecule has 0 bridgehead atoms. The highest BCUT2D eigenvalue weighted by molar-refractivity contribution is 7.92. The topological polar surface area (TPSA) is 83.5 Å². The van der Waals surface area contributed by atoms with Crippen LogP contribution in [0.4, 0.5) is 5.69 Å². The highest BCUT2D eigenvalue weighted by atomic mass is 35.5. The zero-order valence-corrected chi connectivity index (χ0v) is 16.3. The molecule has 6 nitrogen and oxygen atoms in total. The average Bonchev–Trinajstić information content (AvgIpc) is 2.63. The first-order chi connectivity index (χ1) is 12.3. The first-order valence-corrected chi connectivity index (χ1v) is 11.5. The van der Waals surface area contributed by atoms with E-state index in [1.54, 1.807) is 12.1 Å². The van der Waals surface area contributed by atoms with Crippen molar-refractivity contribution in [3.63, 3.8) is 0 Å². The number of nitrogens with zero attached hydrogens (tertiary/aromatic N) is 1. The molecular weight excluding hydrogens is 396 g/mol. The fraction of sp³-hybridized carbons (Fsp3) is 0.294. The minimum Gasteiger partial charge on any atom is -0.280 e. The summed E-state index contributed by atoms with van der Waals surface area (Å²) in [4.78, 5) is 0.117. The lowest BCUT2D eigenvalue weighted by Crippen LogP contribution is -2.35. The third kappa shape index (κ3) is 4.03. The number of benzene rings is 2. The van der Waals surface area contributed by atoms with Gasteiger partial charge in [0, 0.05) is 18.8 Å². The number of nitrogens with one attached hydrogen (secondary N) is 1. The first-order valence-electron chi connectivity index (χ1n) is 8.18. The minimum absolute atomic E-state index is 0.0355. The molecule has 9 heteroatoms. The van der Waals surface area contributed by atoms with E-state index in [9.17, 15) is 16.8 Å². The number of hydrogen-bond donors (Lipinski definition) is 1. The Morgan fingerprint density at radius 3 is 2.08 bits per heavy atom. The third-order valence-electron chi connectivity index (χ3n) is 4.19. The Morgan fingerprint density at radius 1 is 0.846 bits per heavy atom. The van der Waals surface area contributed by atoms with Crippen LogP contribution < -0.4 is 4.72 Å². The van der Waals surface area contributed by atoms with Gasteiger partial charge in [0.2, 0.25) is 10.0 Å². The van der Waals surface area contributed by atoms with E-state index < -0.39 is 20.0 Å². The number of anilines is 1. The fourth-order valence-electron chi connectivity index (χ4n) is 2.82. The van der Waals surface area contributed by atoms with Crippen LogP contribution in [-0.2, 0) is 20.0 Å². The summed E-state index contributed by atoms with van der Waals surface area (Å²) in [5, 5.41) is 0.115.